The lowest BCUT2D eigenvalue weighted by Gasteiger charge is -2.38. The predicted octanol–water partition coefficient (Wildman–Crippen LogP) is 4.53. The minimum Gasteiger partial charge on any atom is -0.369 e. The first-order chi connectivity index (χ1) is 16.8. The Balaban J connectivity index is 1.45. The van der Waals surface area contributed by atoms with Gasteiger partial charge in [0.05, 0.1) is 6.04 Å². The van der Waals surface area contributed by atoms with Crippen LogP contribution in [-0.2, 0) is 11.2 Å². The molecule has 2 aromatic carbocycles. The van der Waals surface area contributed by atoms with Crippen molar-refractivity contribution in [3.8, 4) is 0 Å². The van der Waals surface area contributed by atoms with E-state index in [2.05, 4.69) is 85.1 Å². The highest BCUT2D eigenvalue weighted by Gasteiger charge is 2.51. The van der Waals surface area contributed by atoms with E-state index < -0.39 is 0 Å². The van der Waals surface area contributed by atoms with Crippen LogP contribution in [0.2, 0.25) is 0 Å². The van der Waals surface area contributed by atoms with E-state index in [1.54, 1.807) is 4.90 Å². The van der Waals surface area contributed by atoms with Crippen molar-refractivity contribution in [3.63, 3.8) is 0 Å². The minimum atomic E-state index is -0.280. The van der Waals surface area contributed by atoms with E-state index in [-0.39, 0.29) is 24.0 Å². The van der Waals surface area contributed by atoms with Crippen LogP contribution in [0.4, 0.5) is 5.69 Å². The molecule has 6 nitrogen and oxygen atoms in total. The highest BCUT2D eigenvalue weighted by molar-refractivity contribution is 9.10. The number of benzene rings is 2. The van der Waals surface area contributed by atoms with Crippen LogP contribution in [0.5, 0.6) is 0 Å². The number of amides is 1. The number of hydrogen-bond acceptors (Lipinski definition) is 4. The average Bonchev–Trinajstić information content (AvgIpc) is 3.32. The molecule has 3 aromatic rings. The first-order valence-electron chi connectivity index (χ1n) is 12.3. The number of likely N-dealkylation sites (N-methyl/N-ethyl adjacent to an activating group) is 1. The Labute approximate surface area is 220 Å². The lowest BCUT2D eigenvalue weighted by Crippen LogP contribution is -2.44. The van der Waals surface area contributed by atoms with Crippen molar-refractivity contribution in [1.82, 2.24) is 19.7 Å². The first kappa shape index (κ1) is 23.0. The summed E-state index contributed by atoms with van der Waals surface area (Å²) in [4.78, 5) is 26.1. The van der Waals surface area contributed by atoms with Crippen LogP contribution >= 0.6 is 28.1 Å². The van der Waals surface area contributed by atoms with Gasteiger partial charge in [-0.2, -0.15) is 0 Å². The number of anilines is 1. The molecule has 2 saturated heterocycles. The second-order valence-corrected chi connectivity index (χ2v) is 11.5. The van der Waals surface area contributed by atoms with Crippen LogP contribution in [0.25, 0.3) is 10.9 Å². The monoisotopic (exact) mass is 551 g/mol. The minimum absolute atomic E-state index is 0.0325. The summed E-state index contributed by atoms with van der Waals surface area (Å²) in [5.74, 6) is 0.110. The number of nitrogens with zero attached hydrogens (tertiary/aromatic N) is 4. The molecule has 6 rings (SSSR count). The van der Waals surface area contributed by atoms with Gasteiger partial charge < -0.3 is 19.7 Å². The Bertz CT molecular complexity index is 1310. The highest BCUT2D eigenvalue weighted by Crippen LogP contribution is 2.45. The number of aromatic nitrogens is 1. The van der Waals surface area contributed by atoms with Gasteiger partial charge in [-0.05, 0) is 74.6 Å². The summed E-state index contributed by atoms with van der Waals surface area (Å²) in [7, 11) is 2.18. The third-order valence-electron chi connectivity index (χ3n) is 7.73. The summed E-state index contributed by atoms with van der Waals surface area (Å²) in [6.07, 6.45) is 0.657. The van der Waals surface area contributed by atoms with E-state index >= 15 is 0 Å². The van der Waals surface area contributed by atoms with Crippen molar-refractivity contribution in [2.75, 3.05) is 38.1 Å². The first-order valence-corrected chi connectivity index (χ1v) is 13.5. The van der Waals surface area contributed by atoms with Gasteiger partial charge in [0, 0.05) is 65.4 Å². The zero-order valence-corrected chi connectivity index (χ0v) is 22.7. The topological polar surface area (TPSA) is 45.8 Å². The van der Waals surface area contributed by atoms with Crippen molar-refractivity contribution in [2.24, 2.45) is 0 Å². The molecule has 2 atom stereocenters. The molecule has 3 aliphatic rings. The molecule has 4 heterocycles. The van der Waals surface area contributed by atoms with Gasteiger partial charge in [-0.25, -0.2) is 0 Å². The van der Waals surface area contributed by atoms with Crippen LogP contribution in [-0.4, -0.2) is 76.0 Å². The molecule has 0 aliphatic carbocycles. The number of aromatic amines is 1. The van der Waals surface area contributed by atoms with E-state index in [9.17, 15) is 4.79 Å². The Hall–Kier alpha value is -2.42. The summed E-state index contributed by atoms with van der Waals surface area (Å²) in [6, 6.07) is 14.8. The SMILES string of the molecule is CC(C)N1C(=O)C2Cc3c([nH]c4ccc(Br)cc34)C(c3ccc(N4CCN(C)CC4)cc3)N2C1=S. The smallest absolute Gasteiger partial charge is 0.252 e. The molecule has 3 aliphatic heterocycles. The molecule has 0 bridgehead atoms. The molecule has 2 fully saturated rings. The fourth-order valence-electron chi connectivity index (χ4n) is 5.87. The van der Waals surface area contributed by atoms with Gasteiger partial charge in [0.25, 0.3) is 5.91 Å². The summed E-state index contributed by atoms with van der Waals surface area (Å²) in [5.41, 5.74) is 5.86. The quantitative estimate of drug-likeness (QED) is 0.484. The van der Waals surface area contributed by atoms with Crippen LogP contribution in [0.15, 0.2) is 46.9 Å². The van der Waals surface area contributed by atoms with Crippen LogP contribution in [0.3, 0.4) is 0 Å². The zero-order chi connectivity index (χ0) is 24.4. The zero-order valence-electron chi connectivity index (χ0n) is 20.3. The third-order valence-corrected chi connectivity index (χ3v) is 8.63. The molecule has 182 valence electrons. The maximum atomic E-state index is 13.6. The third kappa shape index (κ3) is 3.69. The number of piperazine rings is 1. The summed E-state index contributed by atoms with van der Waals surface area (Å²) < 4.78 is 1.04. The summed E-state index contributed by atoms with van der Waals surface area (Å²) in [6.45, 7) is 8.31. The lowest BCUT2D eigenvalue weighted by atomic mass is 9.89. The standard InChI is InChI=1S/C27H30BrN5OS/c1-16(2)32-26(34)23-15-21-20-14-18(28)6-9-22(20)29-24(21)25(33(23)27(32)35)17-4-7-19(8-5-17)31-12-10-30(3)11-13-31/h4-9,14,16,23,25,29H,10-13,15H2,1-3H3. The van der Waals surface area contributed by atoms with Crippen LogP contribution < -0.4 is 4.90 Å². The molecule has 1 N–H and O–H groups in total. The van der Waals surface area contributed by atoms with Gasteiger partial charge in [-0.3, -0.25) is 9.69 Å². The Kier molecular flexibility index (Phi) is 5.66. The molecule has 1 amide bonds. The Morgan fingerprint density at radius 3 is 2.46 bits per heavy atom. The van der Waals surface area contributed by atoms with Gasteiger partial charge in [0.15, 0.2) is 5.11 Å². The molecule has 35 heavy (non-hydrogen) atoms. The number of carbonyl (C=O) groups is 1. The van der Waals surface area contributed by atoms with Crippen LogP contribution in [0, 0.1) is 0 Å². The molecular formula is C27H30BrN5OS. The number of hydrogen-bond donors (Lipinski definition) is 1. The van der Waals surface area contributed by atoms with Gasteiger partial charge in [0.2, 0.25) is 0 Å². The number of H-pyrrole nitrogens is 1. The van der Waals surface area contributed by atoms with E-state index in [0.717, 1.165) is 47.4 Å². The van der Waals surface area contributed by atoms with Crippen molar-refractivity contribution < 1.29 is 4.79 Å². The number of halogens is 1. The average molecular weight is 553 g/mol. The summed E-state index contributed by atoms with van der Waals surface area (Å²) >= 11 is 9.57. The highest BCUT2D eigenvalue weighted by atomic mass is 79.9. The number of thiocarbonyl (C=S) groups is 1. The van der Waals surface area contributed by atoms with E-state index in [1.165, 1.54) is 16.6 Å². The van der Waals surface area contributed by atoms with Gasteiger partial charge in [0.1, 0.15) is 6.04 Å². The van der Waals surface area contributed by atoms with Crippen molar-refractivity contribution in [1.29, 1.82) is 0 Å². The molecule has 0 saturated carbocycles. The second kappa shape index (κ2) is 8.61. The molecule has 0 spiro atoms. The number of fused-ring (bicyclic) bond motifs is 4. The van der Waals surface area contributed by atoms with E-state index in [4.69, 9.17) is 12.2 Å². The van der Waals surface area contributed by atoms with Crippen molar-refractivity contribution >= 4 is 55.8 Å². The molecule has 2 unspecified atom stereocenters. The van der Waals surface area contributed by atoms with Gasteiger partial charge in [-0.1, -0.05) is 28.1 Å². The van der Waals surface area contributed by atoms with Crippen molar-refractivity contribution in [2.45, 2.75) is 38.4 Å². The molecular weight excluding hydrogens is 522 g/mol. The lowest BCUT2D eigenvalue weighted by molar-refractivity contribution is -0.129. The van der Waals surface area contributed by atoms with Gasteiger partial charge in [-0.15, -0.1) is 0 Å². The maximum absolute atomic E-state index is 13.6. The molecule has 1 aromatic heterocycles. The number of nitrogens with one attached hydrogen (secondary N) is 1. The van der Waals surface area contributed by atoms with E-state index in [0.29, 0.717) is 11.5 Å². The predicted molar refractivity (Wildman–Crippen MR) is 148 cm³/mol. The molecule has 8 heteroatoms. The maximum Gasteiger partial charge on any atom is 0.252 e. The molecule has 0 radical (unpaired) electrons. The number of carbonyl (C=O) groups excluding carboxylic acids is 1. The Morgan fingerprint density at radius 1 is 1.06 bits per heavy atom. The summed E-state index contributed by atoms with van der Waals surface area (Å²) in [5, 5.41) is 1.81. The van der Waals surface area contributed by atoms with Crippen LogP contribution in [0.1, 0.15) is 36.7 Å². The fourth-order valence-corrected chi connectivity index (χ4v) is 6.76. The largest absolute Gasteiger partial charge is 0.369 e. The number of rotatable bonds is 3. The second-order valence-electron chi connectivity index (χ2n) is 10.2. The fraction of sp³-hybridized carbons (Fsp3) is 0.407. The van der Waals surface area contributed by atoms with E-state index in [1.807, 2.05) is 13.8 Å². The van der Waals surface area contributed by atoms with Crippen molar-refractivity contribution in [3.05, 3.63) is 63.8 Å². The Morgan fingerprint density at radius 2 is 1.77 bits per heavy atom. The van der Waals surface area contributed by atoms with Gasteiger partial charge >= 0.3 is 0 Å². The normalized spacial score (nSPS) is 22.9.